The topological polar surface area (TPSA) is 251 Å². The zero-order valence-electron chi connectivity index (χ0n) is 20.7. The molecule has 40 heavy (non-hydrogen) atoms. The maximum atomic E-state index is 13.4. The molecule has 2 aliphatic rings. The number of aliphatic hydroxyl groups excluding tert-OH is 6. The largest absolute Gasteiger partial charge is 0.508 e. The minimum Gasteiger partial charge on any atom is -0.508 e. The Labute approximate surface area is 224 Å². The van der Waals surface area contributed by atoms with E-state index >= 15 is 0 Å². The van der Waals surface area contributed by atoms with Gasteiger partial charge in [-0.05, 0) is 24.3 Å². The molecule has 1 aromatic heterocycles. The minimum absolute atomic E-state index is 0.0715. The van der Waals surface area contributed by atoms with Crippen LogP contribution in [-0.2, 0) is 9.47 Å². The number of fused-ring (bicyclic) bond motifs is 1. The lowest BCUT2D eigenvalue weighted by Gasteiger charge is -2.40. The lowest BCUT2D eigenvalue weighted by Crippen LogP contribution is -2.55. The third-order valence-corrected chi connectivity index (χ3v) is 7.43. The van der Waals surface area contributed by atoms with Crippen LogP contribution in [0.25, 0.3) is 22.3 Å². The molecule has 2 aromatic carbocycles. The van der Waals surface area contributed by atoms with Crippen LogP contribution >= 0.6 is 0 Å². The summed E-state index contributed by atoms with van der Waals surface area (Å²) in [7, 11) is 0. The Morgan fingerprint density at radius 1 is 0.875 bits per heavy atom. The SMILES string of the molecule is O=c1cc(-c2ccc(O)cc2)oc2c([C@@H]3OCC(O)(CO)[C@@H]3O)c(O)c([C@@H]3OC(CO)[C@@H](O)[C@H](O)C3O)c(O)c12. The van der Waals surface area contributed by atoms with Gasteiger partial charge in [0.15, 0.2) is 11.0 Å². The lowest BCUT2D eigenvalue weighted by molar-refractivity contribution is -0.232. The number of hydrogen-bond acceptors (Lipinski definition) is 14. The van der Waals surface area contributed by atoms with Gasteiger partial charge in [0, 0.05) is 11.6 Å². The number of phenolic OH excluding ortho intramolecular Hbond substituents is 3. The Morgan fingerprint density at radius 3 is 2.15 bits per heavy atom. The molecule has 0 amide bonds. The Bertz CT molecular complexity index is 1470. The molecule has 2 saturated heterocycles. The number of phenols is 3. The van der Waals surface area contributed by atoms with Crippen LogP contribution in [0.4, 0.5) is 0 Å². The fourth-order valence-corrected chi connectivity index (χ4v) is 5.12. The summed E-state index contributed by atoms with van der Waals surface area (Å²) in [5, 5.41) is 104. The molecule has 0 radical (unpaired) electrons. The van der Waals surface area contributed by atoms with Crippen LogP contribution in [0.1, 0.15) is 23.3 Å². The van der Waals surface area contributed by atoms with Crippen LogP contribution in [0.15, 0.2) is 39.5 Å². The van der Waals surface area contributed by atoms with Crippen molar-refractivity contribution in [3.63, 3.8) is 0 Å². The number of aliphatic hydroxyl groups is 7. The average molecular weight is 564 g/mol. The third kappa shape index (κ3) is 4.30. The molecule has 8 atom stereocenters. The van der Waals surface area contributed by atoms with Gasteiger partial charge in [-0.3, -0.25) is 4.79 Å². The molecule has 0 aliphatic carbocycles. The summed E-state index contributed by atoms with van der Waals surface area (Å²) in [4.78, 5) is 13.4. The average Bonchev–Trinajstić information content (AvgIpc) is 3.22. The first-order valence-corrected chi connectivity index (χ1v) is 12.2. The van der Waals surface area contributed by atoms with Crippen LogP contribution in [0, 0.1) is 0 Å². The summed E-state index contributed by atoms with van der Waals surface area (Å²) < 4.78 is 16.9. The highest BCUT2D eigenvalue weighted by molar-refractivity contribution is 5.92. The molecular formula is C26H28O14. The van der Waals surface area contributed by atoms with Gasteiger partial charge in [-0.2, -0.15) is 0 Å². The van der Waals surface area contributed by atoms with Crippen molar-refractivity contribution in [2.75, 3.05) is 19.8 Å². The van der Waals surface area contributed by atoms with Crippen molar-refractivity contribution in [2.24, 2.45) is 0 Å². The second kappa shape index (κ2) is 10.3. The summed E-state index contributed by atoms with van der Waals surface area (Å²) in [5.41, 5.74) is -4.34. The van der Waals surface area contributed by atoms with Crippen molar-refractivity contribution < 1.29 is 65.0 Å². The molecule has 14 heteroatoms. The van der Waals surface area contributed by atoms with Crippen LogP contribution in [0.3, 0.4) is 0 Å². The maximum absolute atomic E-state index is 13.4. The molecule has 216 valence electrons. The van der Waals surface area contributed by atoms with E-state index in [0.29, 0.717) is 5.56 Å². The van der Waals surface area contributed by atoms with Crippen molar-refractivity contribution in [1.29, 1.82) is 0 Å². The standard InChI is InChI=1S/C26H28O14/c27-6-13-17(31)20(34)21(35)23(40-13)15-18(32)14-11(30)5-12(9-1-3-10(29)4-2-9)39-22(14)16(19(15)33)24-25(36)26(37,7-28)8-38-24/h1-5,13,17,20-21,23-25,27-29,31-37H,6-8H2/t13?,17-,20+,21?,23+,24+,25-,26?/m1/s1. The Morgan fingerprint density at radius 2 is 1.55 bits per heavy atom. The van der Waals surface area contributed by atoms with Gasteiger partial charge < -0.3 is 65.0 Å². The summed E-state index contributed by atoms with van der Waals surface area (Å²) in [6, 6.07) is 6.49. The highest BCUT2D eigenvalue weighted by Crippen LogP contribution is 2.51. The molecule has 14 nitrogen and oxygen atoms in total. The van der Waals surface area contributed by atoms with Crippen molar-refractivity contribution in [2.45, 2.75) is 48.3 Å². The second-order valence-corrected chi connectivity index (χ2v) is 9.94. The van der Waals surface area contributed by atoms with Gasteiger partial charge in [-0.15, -0.1) is 0 Å². The summed E-state index contributed by atoms with van der Waals surface area (Å²) >= 11 is 0. The predicted octanol–water partition coefficient (Wildman–Crippen LogP) is -1.75. The third-order valence-electron chi connectivity index (χ3n) is 7.43. The van der Waals surface area contributed by atoms with Crippen molar-refractivity contribution in [3.05, 3.63) is 51.7 Å². The molecule has 5 rings (SSSR count). The quantitative estimate of drug-likeness (QED) is 0.165. The van der Waals surface area contributed by atoms with E-state index in [9.17, 15) is 55.9 Å². The zero-order chi connectivity index (χ0) is 29.1. The summed E-state index contributed by atoms with van der Waals surface area (Å²) in [6.45, 7) is -2.37. The van der Waals surface area contributed by atoms with E-state index < -0.39 is 107 Å². The van der Waals surface area contributed by atoms with E-state index in [2.05, 4.69) is 0 Å². The monoisotopic (exact) mass is 564 g/mol. The number of aromatic hydroxyl groups is 3. The predicted molar refractivity (Wildman–Crippen MR) is 132 cm³/mol. The van der Waals surface area contributed by atoms with Gasteiger partial charge in [0.2, 0.25) is 0 Å². The van der Waals surface area contributed by atoms with Gasteiger partial charge in [-0.25, -0.2) is 0 Å². The van der Waals surface area contributed by atoms with Crippen LogP contribution in [0.2, 0.25) is 0 Å². The lowest BCUT2D eigenvalue weighted by atomic mass is 9.86. The first-order chi connectivity index (χ1) is 18.9. The number of hydrogen-bond donors (Lipinski definition) is 10. The number of rotatable bonds is 5. The fourth-order valence-electron chi connectivity index (χ4n) is 5.12. The fraction of sp³-hybridized carbons (Fsp3) is 0.423. The number of ether oxygens (including phenoxy) is 2. The van der Waals surface area contributed by atoms with Gasteiger partial charge in [0.05, 0.1) is 30.9 Å². The first kappa shape index (κ1) is 28.2. The number of benzene rings is 2. The van der Waals surface area contributed by atoms with Gasteiger partial charge in [0.25, 0.3) is 0 Å². The molecule has 10 N–H and O–H groups in total. The Balaban J connectivity index is 1.80. The van der Waals surface area contributed by atoms with Gasteiger partial charge in [-0.1, -0.05) is 0 Å². The van der Waals surface area contributed by atoms with E-state index in [1.165, 1.54) is 24.3 Å². The first-order valence-electron chi connectivity index (χ1n) is 12.2. The maximum Gasteiger partial charge on any atom is 0.197 e. The van der Waals surface area contributed by atoms with Gasteiger partial charge in [0.1, 0.15) is 76.7 Å². The molecule has 0 saturated carbocycles. The van der Waals surface area contributed by atoms with E-state index in [4.69, 9.17) is 13.9 Å². The van der Waals surface area contributed by atoms with Crippen molar-refractivity contribution in [1.82, 2.24) is 0 Å². The van der Waals surface area contributed by atoms with Crippen molar-refractivity contribution >= 4 is 11.0 Å². The van der Waals surface area contributed by atoms with E-state index in [-0.39, 0.29) is 11.5 Å². The Kier molecular flexibility index (Phi) is 7.24. The molecule has 0 spiro atoms. The Hall–Kier alpha value is -3.31. The van der Waals surface area contributed by atoms with Gasteiger partial charge >= 0.3 is 0 Å². The second-order valence-electron chi connectivity index (χ2n) is 9.94. The smallest absolute Gasteiger partial charge is 0.197 e. The molecular weight excluding hydrogens is 536 g/mol. The molecule has 2 aliphatic heterocycles. The molecule has 0 bridgehead atoms. The van der Waals surface area contributed by atoms with Crippen LogP contribution < -0.4 is 5.43 Å². The van der Waals surface area contributed by atoms with Crippen LogP contribution in [0.5, 0.6) is 17.2 Å². The highest BCUT2D eigenvalue weighted by Gasteiger charge is 2.52. The van der Waals surface area contributed by atoms with Crippen molar-refractivity contribution in [3.8, 4) is 28.6 Å². The summed E-state index contributed by atoms with van der Waals surface area (Å²) in [5.74, 6) is -2.01. The zero-order valence-corrected chi connectivity index (χ0v) is 20.7. The normalized spacial score (nSPS) is 32.5. The van der Waals surface area contributed by atoms with E-state index in [0.717, 1.165) is 6.07 Å². The van der Waals surface area contributed by atoms with Crippen LogP contribution in [-0.4, -0.2) is 107 Å². The molecule has 3 heterocycles. The molecule has 3 unspecified atom stereocenters. The minimum atomic E-state index is -2.18. The van der Waals surface area contributed by atoms with E-state index in [1.807, 2.05) is 0 Å². The molecule has 3 aromatic rings. The summed E-state index contributed by atoms with van der Waals surface area (Å²) in [6.07, 6.45) is -12.4. The van der Waals surface area contributed by atoms with E-state index in [1.54, 1.807) is 0 Å². The highest BCUT2D eigenvalue weighted by atomic mass is 16.6. The molecule has 2 fully saturated rings.